The molecule has 6 heteroatoms. The van der Waals surface area contributed by atoms with Crippen LogP contribution >= 0.6 is 0 Å². The molecule has 0 aliphatic rings. The zero-order chi connectivity index (χ0) is 17.6. The molecule has 0 spiro atoms. The maximum atomic E-state index is 5.65. The van der Waals surface area contributed by atoms with E-state index in [0.29, 0.717) is 32.9 Å². The number of aliphatic imine (C=N–C) groups is 1. The van der Waals surface area contributed by atoms with Crippen LogP contribution in [0.5, 0.6) is 5.75 Å². The summed E-state index contributed by atoms with van der Waals surface area (Å²) >= 11 is 0. The SMILES string of the molecule is CCNC(=NCCCOCc1ccco1)NCCOc1ccccc1. The van der Waals surface area contributed by atoms with Crippen LogP contribution in [0.3, 0.4) is 0 Å². The Balaban J connectivity index is 1.57. The summed E-state index contributed by atoms with van der Waals surface area (Å²) in [6.07, 6.45) is 2.51. The van der Waals surface area contributed by atoms with E-state index in [0.717, 1.165) is 30.4 Å². The van der Waals surface area contributed by atoms with Crippen molar-refractivity contribution in [3.8, 4) is 5.75 Å². The summed E-state index contributed by atoms with van der Waals surface area (Å²) in [4.78, 5) is 4.53. The average molecular weight is 345 g/mol. The van der Waals surface area contributed by atoms with Gasteiger partial charge in [-0.15, -0.1) is 0 Å². The molecule has 0 aliphatic heterocycles. The molecule has 0 saturated carbocycles. The first-order valence-corrected chi connectivity index (χ1v) is 8.68. The third-order valence-electron chi connectivity index (χ3n) is 3.29. The summed E-state index contributed by atoms with van der Waals surface area (Å²) in [5, 5.41) is 6.48. The second-order valence-electron chi connectivity index (χ2n) is 5.33. The Hall–Kier alpha value is -2.47. The molecular formula is C19H27N3O3. The van der Waals surface area contributed by atoms with Gasteiger partial charge in [-0.3, -0.25) is 4.99 Å². The van der Waals surface area contributed by atoms with Gasteiger partial charge >= 0.3 is 0 Å². The lowest BCUT2D eigenvalue weighted by Crippen LogP contribution is -2.39. The molecule has 0 unspecified atom stereocenters. The van der Waals surface area contributed by atoms with Crippen LogP contribution in [-0.4, -0.2) is 38.8 Å². The molecule has 0 bridgehead atoms. The van der Waals surface area contributed by atoms with E-state index < -0.39 is 0 Å². The summed E-state index contributed by atoms with van der Waals surface area (Å²) in [6.45, 7) is 6.00. The van der Waals surface area contributed by atoms with Crippen LogP contribution in [0, 0.1) is 0 Å². The summed E-state index contributed by atoms with van der Waals surface area (Å²) < 4.78 is 16.4. The Morgan fingerprint density at radius 3 is 2.72 bits per heavy atom. The van der Waals surface area contributed by atoms with Gasteiger partial charge < -0.3 is 24.5 Å². The summed E-state index contributed by atoms with van der Waals surface area (Å²) in [5.74, 6) is 2.52. The van der Waals surface area contributed by atoms with Crippen molar-refractivity contribution in [2.45, 2.75) is 20.0 Å². The van der Waals surface area contributed by atoms with Gasteiger partial charge in [-0.1, -0.05) is 18.2 Å². The highest BCUT2D eigenvalue weighted by Crippen LogP contribution is 2.07. The zero-order valence-corrected chi connectivity index (χ0v) is 14.7. The Bertz CT molecular complexity index is 585. The van der Waals surface area contributed by atoms with E-state index in [1.54, 1.807) is 6.26 Å². The fourth-order valence-corrected chi connectivity index (χ4v) is 2.12. The van der Waals surface area contributed by atoms with E-state index in [9.17, 15) is 0 Å². The number of furan rings is 1. The van der Waals surface area contributed by atoms with Crippen LogP contribution < -0.4 is 15.4 Å². The van der Waals surface area contributed by atoms with Crippen LogP contribution in [0.15, 0.2) is 58.1 Å². The number of ether oxygens (including phenoxy) is 2. The number of benzene rings is 1. The lowest BCUT2D eigenvalue weighted by Gasteiger charge is -2.12. The highest BCUT2D eigenvalue weighted by Gasteiger charge is 1.98. The van der Waals surface area contributed by atoms with Gasteiger partial charge in [0.05, 0.1) is 12.8 Å². The van der Waals surface area contributed by atoms with E-state index in [1.807, 2.05) is 49.4 Å². The molecule has 2 N–H and O–H groups in total. The molecule has 0 saturated heterocycles. The molecule has 1 aromatic carbocycles. The number of nitrogens with one attached hydrogen (secondary N) is 2. The Labute approximate surface area is 149 Å². The van der Waals surface area contributed by atoms with Gasteiger partial charge in [0.25, 0.3) is 0 Å². The van der Waals surface area contributed by atoms with Gasteiger partial charge in [-0.25, -0.2) is 0 Å². The number of guanidine groups is 1. The van der Waals surface area contributed by atoms with Crippen molar-refractivity contribution >= 4 is 5.96 Å². The maximum absolute atomic E-state index is 5.65. The first-order chi connectivity index (χ1) is 12.4. The maximum Gasteiger partial charge on any atom is 0.191 e. The van der Waals surface area contributed by atoms with Crippen molar-refractivity contribution in [2.75, 3.05) is 32.8 Å². The van der Waals surface area contributed by atoms with E-state index in [-0.39, 0.29) is 0 Å². The highest BCUT2D eigenvalue weighted by atomic mass is 16.5. The van der Waals surface area contributed by atoms with Gasteiger partial charge in [0.15, 0.2) is 5.96 Å². The normalized spacial score (nSPS) is 11.3. The standard InChI is InChI=1S/C19H27N3O3/c1-2-20-19(22-12-15-25-17-8-4-3-5-9-17)21-11-7-13-23-16-18-10-6-14-24-18/h3-6,8-10,14H,2,7,11-13,15-16H2,1H3,(H2,20,21,22). The summed E-state index contributed by atoms with van der Waals surface area (Å²) in [6, 6.07) is 13.6. The second kappa shape index (κ2) is 12.0. The minimum Gasteiger partial charge on any atom is -0.492 e. The molecule has 1 aromatic heterocycles. The minimum absolute atomic E-state index is 0.506. The number of hydrogen-bond acceptors (Lipinski definition) is 4. The Morgan fingerprint density at radius 2 is 1.96 bits per heavy atom. The fraction of sp³-hybridized carbons (Fsp3) is 0.421. The molecule has 2 rings (SSSR count). The van der Waals surface area contributed by atoms with Crippen molar-refractivity contribution in [2.24, 2.45) is 4.99 Å². The van der Waals surface area contributed by atoms with Crippen LogP contribution in [0.2, 0.25) is 0 Å². The molecule has 6 nitrogen and oxygen atoms in total. The lowest BCUT2D eigenvalue weighted by molar-refractivity contribution is 0.105. The van der Waals surface area contributed by atoms with Crippen molar-refractivity contribution in [1.29, 1.82) is 0 Å². The summed E-state index contributed by atoms with van der Waals surface area (Å²) in [7, 11) is 0. The Kier molecular flexibility index (Phi) is 9.03. The molecule has 2 aromatic rings. The molecule has 0 aliphatic carbocycles. The molecule has 0 atom stereocenters. The van der Waals surface area contributed by atoms with E-state index in [4.69, 9.17) is 13.9 Å². The molecule has 25 heavy (non-hydrogen) atoms. The number of hydrogen-bond donors (Lipinski definition) is 2. The Morgan fingerprint density at radius 1 is 1.08 bits per heavy atom. The second-order valence-corrected chi connectivity index (χ2v) is 5.33. The van der Waals surface area contributed by atoms with Crippen LogP contribution in [-0.2, 0) is 11.3 Å². The molecule has 0 amide bonds. The van der Waals surface area contributed by atoms with Crippen molar-refractivity contribution < 1.29 is 13.9 Å². The number of rotatable bonds is 11. The molecule has 136 valence electrons. The fourth-order valence-electron chi connectivity index (χ4n) is 2.12. The van der Waals surface area contributed by atoms with E-state index >= 15 is 0 Å². The molecule has 1 heterocycles. The number of para-hydroxylation sites is 1. The first kappa shape index (κ1) is 18.9. The van der Waals surface area contributed by atoms with E-state index in [1.165, 1.54) is 0 Å². The number of nitrogens with zero attached hydrogens (tertiary/aromatic N) is 1. The monoisotopic (exact) mass is 345 g/mol. The van der Waals surface area contributed by atoms with Crippen molar-refractivity contribution in [3.63, 3.8) is 0 Å². The van der Waals surface area contributed by atoms with Crippen molar-refractivity contribution in [3.05, 3.63) is 54.5 Å². The van der Waals surface area contributed by atoms with Gasteiger partial charge in [0.1, 0.15) is 24.7 Å². The zero-order valence-electron chi connectivity index (χ0n) is 14.7. The van der Waals surface area contributed by atoms with Crippen LogP contribution in [0.1, 0.15) is 19.1 Å². The quantitative estimate of drug-likeness (QED) is 0.372. The summed E-state index contributed by atoms with van der Waals surface area (Å²) in [5.41, 5.74) is 0. The van der Waals surface area contributed by atoms with Gasteiger partial charge in [0, 0.05) is 19.7 Å². The minimum atomic E-state index is 0.506. The largest absolute Gasteiger partial charge is 0.492 e. The first-order valence-electron chi connectivity index (χ1n) is 8.68. The highest BCUT2D eigenvalue weighted by molar-refractivity contribution is 5.79. The van der Waals surface area contributed by atoms with Crippen LogP contribution in [0.25, 0.3) is 0 Å². The van der Waals surface area contributed by atoms with Gasteiger partial charge in [0.2, 0.25) is 0 Å². The van der Waals surface area contributed by atoms with Gasteiger partial charge in [-0.2, -0.15) is 0 Å². The third kappa shape index (κ3) is 8.26. The van der Waals surface area contributed by atoms with Crippen molar-refractivity contribution in [1.82, 2.24) is 10.6 Å². The van der Waals surface area contributed by atoms with Crippen LogP contribution in [0.4, 0.5) is 0 Å². The van der Waals surface area contributed by atoms with E-state index in [2.05, 4.69) is 15.6 Å². The van der Waals surface area contributed by atoms with Gasteiger partial charge in [-0.05, 0) is 37.6 Å². The molecule has 0 radical (unpaired) electrons. The topological polar surface area (TPSA) is 68.0 Å². The molecule has 0 fully saturated rings. The molecular weight excluding hydrogens is 318 g/mol. The predicted molar refractivity (Wildman–Crippen MR) is 98.9 cm³/mol. The smallest absolute Gasteiger partial charge is 0.191 e. The average Bonchev–Trinajstić information content (AvgIpc) is 3.16. The predicted octanol–water partition coefficient (Wildman–Crippen LogP) is 2.82. The lowest BCUT2D eigenvalue weighted by atomic mass is 10.3. The third-order valence-corrected chi connectivity index (χ3v) is 3.29.